The summed E-state index contributed by atoms with van der Waals surface area (Å²) in [6.45, 7) is 0.420. The SMILES string of the molecule is NCC/C=C/c1ccc(F)c(C(F)(F)F)c1. The van der Waals surface area contributed by atoms with E-state index in [-0.39, 0.29) is 0 Å². The molecule has 0 aliphatic heterocycles. The maximum atomic E-state index is 12.9. The Morgan fingerprint density at radius 2 is 1.94 bits per heavy atom. The van der Waals surface area contributed by atoms with Crippen molar-refractivity contribution in [3.05, 3.63) is 41.2 Å². The topological polar surface area (TPSA) is 26.0 Å². The molecular weight excluding hydrogens is 222 g/mol. The normalized spacial score (nSPS) is 12.3. The molecule has 0 fully saturated rings. The van der Waals surface area contributed by atoms with E-state index in [1.165, 1.54) is 12.1 Å². The van der Waals surface area contributed by atoms with Gasteiger partial charge in [0.2, 0.25) is 0 Å². The Balaban J connectivity index is 2.99. The van der Waals surface area contributed by atoms with Gasteiger partial charge in [0.05, 0.1) is 5.56 Å². The van der Waals surface area contributed by atoms with Gasteiger partial charge in [0.15, 0.2) is 0 Å². The maximum absolute atomic E-state index is 12.9. The molecule has 0 aromatic heterocycles. The van der Waals surface area contributed by atoms with Gasteiger partial charge in [-0.25, -0.2) is 4.39 Å². The lowest BCUT2D eigenvalue weighted by Crippen LogP contribution is -2.08. The molecule has 0 radical (unpaired) electrons. The summed E-state index contributed by atoms with van der Waals surface area (Å²) in [5, 5.41) is 0. The smallest absolute Gasteiger partial charge is 0.330 e. The highest BCUT2D eigenvalue weighted by molar-refractivity contribution is 5.50. The van der Waals surface area contributed by atoms with Crippen LogP contribution in [0.2, 0.25) is 0 Å². The third-order valence-electron chi connectivity index (χ3n) is 1.94. The fourth-order valence-corrected chi connectivity index (χ4v) is 1.18. The van der Waals surface area contributed by atoms with Crippen molar-refractivity contribution in [3.8, 4) is 0 Å². The van der Waals surface area contributed by atoms with E-state index >= 15 is 0 Å². The number of alkyl halides is 3. The van der Waals surface area contributed by atoms with Gasteiger partial charge in [-0.05, 0) is 30.7 Å². The van der Waals surface area contributed by atoms with Crippen molar-refractivity contribution in [2.45, 2.75) is 12.6 Å². The van der Waals surface area contributed by atoms with E-state index in [4.69, 9.17) is 5.73 Å². The molecule has 1 aromatic carbocycles. The van der Waals surface area contributed by atoms with Crippen LogP contribution in [0.4, 0.5) is 17.6 Å². The van der Waals surface area contributed by atoms with E-state index in [2.05, 4.69) is 0 Å². The average Bonchev–Trinajstić information content (AvgIpc) is 2.19. The Morgan fingerprint density at radius 1 is 1.25 bits per heavy atom. The predicted molar refractivity (Wildman–Crippen MR) is 54.1 cm³/mol. The molecule has 2 N–H and O–H groups in total. The molecule has 0 spiro atoms. The summed E-state index contributed by atoms with van der Waals surface area (Å²) < 4.78 is 49.9. The first-order valence-electron chi connectivity index (χ1n) is 4.68. The largest absolute Gasteiger partial charge is 0.419 e. The average molecular weight is 233 g/mol. The van der Waals surface area contributed by atoms with Crippen molar-refractivity contribution in [1.82, 2.24) is 0 Å². The van der Waals surface area contributed by atoms with E-state index in [9.17, 15) is 17.6 Å². The zero-order valence-electron chi connectivity index (χ0n) is 8.39. The molecule has 0 unspecified atom stereocenters. The summed E-state index contributed by atoms with van der Waals surface area (Å²) in [4.78, 5) is 0. The molecule has 5 heteroatoms. The molecule has 0 saturated carbocycles. The van der Waals surface area contributed by atoms with Gasteiger partial charge in [0, 0.05) is 0 Å². The molecule has 0 amide bonds. The minimum Gasteiger partial charge on any atom is -0.330 e. The van der Waals surface area contributed by atoms with Gasteiger partial charge < -0.3 is 5.73 Å². The van der Waals surface area contributed by atoms with Crippen LogP contribution in [0, 0.1) is 5.82 Å². The molecule has 1 aromatic rings. The van der Waals surface area contributed by atoms with Gasteiger partial charge in [-0.15, -0.1) is 0 Å². The first-order valence-corrected chi connectivity index (χ1v) is 4.68. The molecule has 0 aliphatic carbocycles. The second-order valence-corrected chi connectivity index (χ2v) is 3.22. The van der Waals surface area contributed by atoms with Crippen LogP contribution in [0.5, 0.6) is 0 Å². The van der Waals surface area contributed by atoms with Gasteiger partial charge in [0.1, 0.15) is 5.82 Å². The number of hydrogen-bond donors (Lipinski definition) is 1. The Morgan fingerprint density at radius 3 is 2.50 bits per heavy atom. The van der Waals surface area contributed by atoms with Crippen molar-refractivity contribution in [2.24, 2.45) is 5.73 Å². The zero-order chi connectivity index (χ0) is 12.2. The maximum Gasteiger partial charge on any atom is 0.419 e. The first-order chi connectivity index (χ1) is 7.45. The van der Waals surface area contributed by atoms with Crippen LogP contribution in [0.1, 0.15) is 17.5 Å². The van der Waals surface area contributed by atoms with Crippen LogP contribution in [0.3, 0.4) is 0 Å². The monoisotopic (exact) mass is 233 g/mol. The van der Waals surface area contributed by atoms with Gasteiger partial charge in [-0.3, -0.25) is 0 Å². The molecule has 1 rings (SSSR count). The Kier molecular flexibility index (Phi) is 4.06. The summed E-state index contributed by atoms with van der Waals surface area (Å²) in [7, 11) is 0. The molecule has 0 heterocycles. The van der Waals surface area contributed by atoms with E-state index < -0.39 is 17.6 Å². The van der Waals surface area contributed by atoms with Crippen LogP contribution in [0.15, 0.2) is 24.3 Å². The van der Waals surface area contributed by atoms with Gasteiger partial charge in [-0.1, -0.05) is 18.2 Å². The van der Waals surface area contributed by atoms with Gasteiger partial charge >= 0.3 is 6.18 Å². The van der Waals surface area contributed by atoms with E-state index in [1.54, 1.807) is 6.08 Å². The van der Waals surface area contributed by atoms with Crippen LogP contribution >= 0.6 is 0 Å². The predicted octanol–water partition coefficient (Wildman–Crippen LogP) is 3.21. The molecule has 0 atom stereocenters. The third-order valence-corrected chi connectivity index (χ3v) is 1.94. The van der Waals surface area contributed by atoms with Crippen LogP contribution in [-0.4, -0.2) is 6.54 Å². The molecule has 16 heavy (non-hydrogen) atoms. The quantitative estimate of drug-likeness (QED) is 0.797. The van der Waals surface area contributed by atoms with Crippen molar-refractivity contribution in [3.63, 3.8) is 0 Å². The van der Waals surface area contributed by atoms with Gasteiger partial charge in [-0.2, -0.15) is 13.2 Å². The van der Waals surface area contributed by atoms with Crippen molar-refractivity contribution >= 4 is 6.08 Å². The van der Waals surface area contributed by atoms with Crippen LogP contribution in [0.25, 0.3) is 6.08 Å². The number of hydrogen-bond acceptors (Lipinski definition) is 1. The molecule has 0 aliphatic rings. The zero-order valence-corrected chi connectivity index (χ0v) is 8.39. The third kappa shape index (κ3) is 3.34. The minimum atomic E-state index is -4.66. The van der Waals surface area contributed by atoms with E-state index in [1.807, 2.05) is 0 Å². The highest BCUT2D eigenvalue weighted by Gasteiger charge is 2.33. The summed E-state index contributed by atoms with van der Waals surface area (Å²) in [6.07, 6.45) is -0.963. The number of halogens is 4. The molecule has 0 bridgehead atoms. The van der Waals surface area contributed by atoms with Gasteiger partial charge in [0.25, 0.3) is 0 Å². The number of benzene rings is 1. The standard InChI is InChI=1S/C11H11F4N/c12-10-5-4-8(3-1-2-6-16)7-9(10)11(13,14)15/h1,3-5,7H,2,6,16H2/b3-1+. The van der Waals surface area contributed by atoms with E-state index in [0.29, 0.717) is 18.5 Å². The van der Waals surface area contributed by atoms with Crippen molar-refractivity contribution < 1.29 is 17.6 Å². The number of rotatable bonds is 3. The summed E-state index contributed by atoms with van der Waals surface area (Å²) in [5.74, 6) is -1.26. The summed E-state index contributed by atoms with van der Waals surface area (Å²) in [6, 6.07) is 2.88. The second-order valence-electron chi connectivity index (χ2n) is 3.22. The highest BCUT2D eigenvalue weighted by Crippen LogP contribution is 2.32. The first kappa shape index (κ1) is 12.7. The number of nitrogens with two attached hydrogens (primary N) is 1. The fourth-order valence-electron chi connectivity index (χ4n) is 1.18. The Labute approximate surface area is 90.6 Å². The lowest BCUT2D eigenvalue weighted by Gasteiger charge is -2.08. The lowest BCUT2D eigenvalue weighted by molar-refractivity contribution is -0.140. The molecule has 1 nitrogen and oxygen atoms in total. The molecule has 88 valence electrons. The van der Waals surface area contributed by atoms with Crippen molar-refractivity contribution in [1.29, 1.82) is 0 Å². The Hall–Kier alpha value is -1.36. The molecule has 0 saturated heterocycles. The highest BCUT2D eigenvalue weighted by atomic mass is 19.4. The minimum absolute atomic E-state index is 0.308. The van der Waals surface area contributed by atoms with Crippen LogP contribution in [-0.2, 0) is 6.18 Å². The molecular formula is C11H11F4N. The fraction of sp³-hybridized carbons (Fsp3) is 0.273. The summed E-state index contributed by atoms with van der Waals surface area (Å²) >= 11 is 0. The Bertz CT molecular complexity index is 382. The summed E-state index contributed by atoms with van der Waals surface area (Å²) in [5.41, 5.74) is 4.28. The second kappa shape index (κ2) is 5.12. The van der Waals surface area contributed by atoms with E-state index in [0.717, 1.165) is 12.1 Å². The van der Waals surface area contributed by atoms with Crippen molar-refractivity contribution in [2.75, 3.05) is 6.54 Å². The van der Waals surface area contributed by atoms with Crippen LogP contribution < -0.4 is 5.73 Å². The lowest BCUT2D eigenvalue weighted by atomic mass is 10.1.